The van der Waals surface area contributed by atoms with Crippen molar-refractivity contribution in [3.8, 4) is 0 Å². The van der Waals surface area contributed by atoms with E-state index in [1.165, 1.54) is 18.7 Å². The summed E-state index contributed by atoms with van der Waals surface area (Å²) in [5.41, 5.74) is 0. The predicted octanol–water partition coefficient (Wildman–Crippen LogP) is 0.330. The van der Waals surface area contributed by atoms with E-state index >= 15 is 0 Å². The van der Waals surface area contributed by atoms with E-state index in [1.807, 2.05) is 0 Å². The molecule has 0 spiro atoms. The Morgan fingerprint density at radius 3 is 2.93 bits per heavy atom. The van der Waals surface area contributed by atoms with Gasteiger partial charge >= 0.3 is 5.97 Å². The normalized spacial score (nSPS) is 9.93. The second-order valence-corrected chi connectivity index (χ2v) is 3.70. The number of rotatable bonds is 5. The first kappa shape index (κ1) is 11.5. The summed E-state index contributed by atoms with van der Waals surface area (Å²) in [6.07, 6.45) is 0.0503. The molecule has 1 rings (SSSR count). The Labute approximate surface area is 89.7 Å². The topological polar surface area (TPSA) is 108 Å². The Balaban J connectivity index is 2.39. The van der Waals surface area contributed by atoms with Gasteiger partial charge in [-0.2, -0.15) is 4.98 Å². The number of H-pyrrole nitrogens is 1. The highest BCUT2D eigenvalue weighted by Gasteiger charge is 2.05. The fourth-order valence-corrected chi connectivity index (χ4v) is 1.49. The molecule has 7 nitrogen and oxygen atoms in total. The third-order valence-corrected chi connectivity index (χ3v) is 2.16. The molecule has 82 valence electrons. The molecule has 1 aromatic rings. The molecule has 0 aliphatic carbocycles. The molecule has 0 radical (unpaired) electrons. The van der Waals surface area contributed by atoms with Crippen LogP contribution < -0.4 is 5.32 Å². The van der Waals surface area contributed by atoms with Crippen LogP contribution in [-0.4, -0.2) is 37.9 Å². The van der Waals surface area contributed by atoms with Gasteiger partial charge in [0.05, 0.1) is 6.42 Å². The molecule has 15 heavy (non-hydrogen) atoms. The van der Waals surface area contributed by atoms with Gasteiger partial charge < -0.3 is 5.11 Å². The van der Waals surface area contributed by atoms with Crippen LogP contribution in [-0.2, 0) is 9.59 Å². The standard InChI is InChI=1S/C7H10N4O3S/c1-4(12)8-6-9-7(11-10-6)15-3-2-5(13)14/h2-3H2,1H3,(H,13,14)(H2,8,9,10,11,12). The fraction of sp³-hybridized carbons (Fsp3) is 0.429. The van der Waals surface area contributed by atoms with Crippen molar-refractivity contribution in [2.75, 3.05) is 11.1 Å². The molecule has 0 saturated heterocycles. The van der Waals surface area contributed by atoms with Gasteiger partial charge in [0, 0.05) is 12.7 Å². The number of hydrogen-bond acceptors (Lipinski definition) is 5. The van der Waals surface area contributed by atoms with Crippen molar-refractivity contribution in [1.29, 1.82) is 0 Å². The maximum Gasteiger partial charge on any atom is 0.304 e. The first-order chi connectivity index (χ1) is 7.08. The van der Waals surface area contributed by atoms with Crippen molar-refractivity contribution >= 4 is 29.6 Å². The largest absolute Gasteiger partial charge is 0.481 e. The molecule has 3 N–H and O–H groups in total. The number of aliphatic carboxylic acids is 1. The molecule has 0 aromatic carbocycles. The van der Waals surface area contributed by atoms with Gasteiger partial charge in [0.1, 0.15) is 0 Å². The molecule has 1 heterocycles. The zero-order valence-electron chi connectivity index (χ0n) is 7.98. The summed E-state index contributed by atoms with van der Waals surface area (Å²) in [5.74, 6) is -0.444. The summed E-state index contributed by atoms with van der Waals surface area (Å²) in [7, 11) is 0. The lowest BCUT2D eigenvalue weighted by Crippen LogP contribution is -2.06. The third-order valence-electron chi connectivity index (χ3n) is 1.31. The summed E-state index contributed by atoms with van der Waals surface area (Å²) in [6.45, 7) is 1.36. The number of carbonyl (C=O) groups is 2. The Hall–Kier alpha value is -1.57. The van der Waals surface area contributed by atoms with Crippen LogP contribution >= 0.6 is 11.8 Å². The molecule has 1 aromatic heterocycles. The number of aromatic amines is 1. The first-order valence-electron chi connectivity index (χ1n) is 4.12. The zero-order chi connectivity index (χ0) is 11.3. The number of carbonyl (C=O) groups excluding carboxylic acids is 1. The number of anilines is 1. The average Bonchev–Trinajstić information content (AvgIpc) is 2.50. The molecule has 0 atom stereocenters. The number of nitrogens with zero attached hydrogens (tertiary/aromatic N) is 2. The van der Waals surface area contributed by atoms with Gasteiger partial charge in [-0.25, -0.2) is 5.10 Å². The SMILES string of the molecule is CC(=O)Nc1nc(SCCC(=O)O)n[nH]1. The van der Waals surface area contributed by atoms with Crippen molar-refractivity contribution in [2.45, 2.75) is 18.5 Å². The van der Waals surface area contributed by atoms with E-state index in [4.69, 9.17) is 5.11 Å². The number of aromatic nitrogens is 3. The smallest absolute Gasteiger partial charge is 0.304 e. The molecule has 0 bridgehead atoms. The number of hydrogen-bond donors (Lipinski definition) is 3. The van der Waals surface area contributed by atoms with E-state index < -0.39 is 5.97 Å². The maximum atomic E-state index is 10.6. The van der Waals surface area contributed by atoms with E-state index in [9.17, 15) is 9.59 Å². The lowest BCUT2D eigenvalue weighted by molar-refractivity contribution is -0.136. The Morgan fingerprint density at radius 2 is 2.33 bits per heavy atom. The zero-order valence-corrected chi connectivity index (χ0v) is 8.80. The minimum absolute atomic E-state index is 0.0503. The van der Waals surface area contributed by atoms with Gasteiger partial charge in [-0.3, -0.25) is 14.9 Å². The van der Waals surface area contributed by atoms with E-state index in [0.29, 0.717) is 10.9 Å². The lowest BCUT2D eigenvalue weighted by Gasteiger charge is -1.92. The van der Waals surface area contributed by atoms with Gasteiger partial charge in [-0.15, -0.1) is 5.10 Å². The van der Waals surface area contributed by atoms with Crippen LogP contribution in [0.5, 0.6) is 0 Å². The van der Waals surface area contributed by atoms with Gasteiger partial charge in [0.25, 0.3) is 0 Å². The second-order valence-electron chi connectivity index (χ2n) is 2.64. The Kier molecular flexibility index (Phi) is 4.10. The molecule has 0 aliphatic heterocycles. The maximum absolute atomic E-state index is 10.6. The summed E-state index contributed by atoms with van der Waals surface area (Å²) < 4.78 is 0. The van der Waals surface area contributed by atoms with Gasteiger partial charge in [0.15, 0.2) is 0 Å². The summed E-state index contributed by atoms with van der Waals surface area (Å²) in [4.78, 5) is 24.8. The van der Waals surface area contributed by atoms with E-state index in [1.54, 1.807) is 0 Å². The monoisotopic (exact) mass is 230 g/mol. The van der Waals surface area contributed by atoms with E-state index in [2.05, 4.69) is 20.5 Å². The highest BCUT2D eigenvalue weighted by molar-refractivity contribution is 7.99. The fourth-order valence-electron chi connectivity index (χ4n) is 0.763. The number of carboxylic acid groups (broad SMARTS) is 1. The van der Waals surface area contributed by atoms with Crippen LogP contribution in [0.25, 0.3) is 0 Å². The molecular weight excluding hydrogens is 220 g/mol. The van der Waals surface area contributed by atoms with Gasteiger partial charge in [-0.1, -0.05) is 11.8 Å². The third kappa shape index (κ3) is 4.45. The number of amides is 1. The summed E-state index contributed by atoms with van der Waals surface area (Å²) in [5, 5.41) is 17.5. The molecule has 0 unspecified atom stereocenters. The highest BCUT2D eigenvalue weighted by Crippen LogP contribution is 2.14. The van der Waals surface area contributed by atoms with Crippen LogP contribution in [0.3, 0.4) is 0 Å². The van der Waals surface area contributed by atoms with Crippen LogP contribution in [0.4, 0.5) is 5.95 Å². The molecule has 8 heteroatoms. The highest BCUT2D eigenvalue weighted by atomic mass is 32.2. The van der Waals surface area contributed by atoms with Crippen LogP contribution in [0.2, 0.25) is 0 Å². The number of thioether (sulfide) groups is 1. The quantitative estimate of drug-likeness (QED) is 0.629. The number of nitrogens with one attached hydrogen (secondary N) is 2. The molecule has 1 amide bonds. The summed E-state index contributed by atoms with van der Waals surface area (Å²) >= 11 is 1.21. The Morgan fingerprint density at radius 1 is 1.60 bits per heavy atom. The average molecular weight is 230 g/mol. The minimum Gasteiger partial charge on any atom is -0.481 e. The van der Waals surface area contributed by atoms with Crippen molar-refractivity contribution in [3.63, 3.8) is 0 Å². The van der Waals surface area contributed by atoms with Crippen LogP contribution in [0, 0.1) is 0 Å². The second kappa shape index (κ2) is 5.35. The number of carboxylic acids is 1. The molecule has 0 aliphatic rings. The van der Waals surface area contributed by atoms with E-state index in [-0.39, 0.29) is 18.3 Å². The lowest BCUT2D eigenvalue weighted by atomic mass is 10.5. The van der Waals surface area contributed by atoms with Crippen LogP contribution in [0.15, 0.2) is 5.16 Å². The molecule has 0 fully saturated rings. The van der Waals surface area contributed by atoms with Crippen LogP contribution in [0.1, 0.15) is 13.3 Å². The van der Waals surface area contributed by atoms with E-state index in [0.717, 1.165) is 0 Å². The molecular formula is C7H10N4O3S. The van der Waals surface area contributed by atoms with Gasteiger partial charge in [0.2, 0.25) is 17.0 Å². The van der Waals surface area contributed by atoms with Crippen molar-refractivity contribution in [2.24, 2.45) is 0 Å². The minimum atomic E-state index is -0.861. The van der Waals surface area contributed by atoms with Crippen molar-refractivity contribution in [3.05, 3.63) is 0 Å². The Bertz CT molecular complexity index is 365. The predicted molar refractivity (Wildman–Crippen MR) is 53.7 cm³/mol. The van der Waals surface area contributed by atoms with Gasteiger partial charge in [-0.05, 0) is 0 Å². The van der Waals surface area contributed by atoms with Crippen molar-refractivity contribution < 1.29 is 14.7 Å². The molecule has 0 saturated carbocycles. The van der Waals surface area contributed by atoms with Crippen molar-refractivity contribution in [1.82, 2.24) is 15.2 Å². The summed E-state index contributed by atoms with van der Waals surface area (Å²) in [6, 6.07) is 0. The first-order valence-corrected chi connectivity index (χ1v) is 5.11.